The van der Waals surface area contributed by atoms with E-state index in [1.807, 2.05) is 12.1 Å². The van der Waals surface area contributed by atoms with Crippen LogP contribution in [0.4, 0.5) is 0 Å². The van der Waals surface area contributed by atoms with Gasteiger partial charge in [0.2, 0.25) is 0 Å². The second kappa shape index (κ2) is 3.86. The highest BCUT2D eigenvalue weighted by atomic mass is 16.3. The number of Topliss-reactive ketones (excluding diaryl/α,β-unsaturated/α-hetero) is 1. The van der Waals surface area contributed by atoms with Crippen LogP contribution in [0.25, 0.3) is 0 Å². The van der Waals surface area contributed by atoms with E-state index in [-0.39, 0.29) is 0 Å². The zero-order valence-corrected chi connectivity index (χ0v) is 9.98. The molecule has 2 fully saturated rings. The second-order valence-electron chi connectivity index (χ2n) is 5.76. The van der Waals surface area contributed by atoms with E-state index in [1.54, 1.807) is 12.1 Å². The molecule has 0 heterocycles. The van der Waals surface area contributed by atoms with Crippen LogP contribution in [0, 0.1) is 5.41 Å². The van der Waals surface area contributed by atoms with Crippen LogP contribution in [0.5, 0.6) is 5.75 Å². The summed E-state index contributed by atoms with van der Waals surface area (Å²) in [5, 5.41) is 9.28. The summed E-state index contributed by atoms with van der Waals surface area (Å²) in [4.78, 5) is 11.1. The number of ketones is 1. The van der Waals surface area contributed by atoms with Crippen molar-refractivity contribution in [2.45, 2.75) is 44.4 Å². The Bertz CT molecular complexity index is 415. The van der Waals surface area contributed by atoms with Gasteiger partial charge in [-0.2, -0.15) is 0 Å². The molecule has 0 bridgehead atoms. The van der Waals surface area contributed by atoms with Crippen LogP contribution in [-0.2, 0) is 4.79 Å². The highest BCUT2D eigenvalue weighted by Gasteiger charge is 2.45. The van der Waals surface area contributed by atoms with Crippen LogP contribution >= 0.6 is 0 Å². The van der Waals surface area contributed by atoms with Crippen molar-refractivity contribution < 1.29 is 9.90 Å². The molecule has 0 unspecified atom stereocenters. The third-order valence-corrected chi connectivity index (χ3v) is 4.56. The van der Waals surface area contributed by atoms with Crippen molar-refractivity contribution in [3.8, 4) is 5.75 Å². The fraction of sp³-hybridized carbons (Fsp3) is 0.533. The summed E-state index contributed by atoms with van der Waals surface area (Å²) < 4.78 is 0. The molecule has 90 valence electrons. The highest BCUT2D eigenvalue weighted by Crippen LogP contribution is 2.52. The Morgan fingerprint density at radius 1 is 1.06 bits per heavy atom. The van der Waals surface area contributed by atoms with E-state index in [1.165, 1.54) is 31.2 Å². The van der Waals surface area contributed by atoms with E-state index >= 15 is 0 Å². The lowest BCUT2D eigenvalue weighted by Crippen LogP contribution is -2.40. The minimum Gasteiger partial charge on any atom is -0.508 e. The first kappa shape index (κ1) is 10.8. The normalized spacial score (nSPS) is 23.6. The first-order valence-electron chi connectivity index (χ1n) is 6.48. The number of carbonyl (C=O) groups excluding carboxylic acids is 1. The molecule has 0 saturated heterocycles. The molecule has 1 spiro atoms. The van der Waals surface area contributed by atoms with Gasteiger partial charge in [-0.3, -0.25) is 4.79 Å². The number of hydrogen-bond donors (Lipinski definition) is 1. The minimum absolute atomic E-state index is 0.339. The fourth-order valence-electron chi connectivity index (χ4n) is 3.45. The van der Waals surface area contributed by atoms with Gasteiger partial charge in [-0.15, -0.1) is 0 Å². The van der Waals surface area contributed by atoms with Gasteiger partial charge in [0.15, 0.2) is 0 Å². The predicted molar refractivity (Wildman–Crippen MR) is 66.0 cm³/mol. The first-order valence-corrected chi connectivity index (χ1v) is 6.48. The second-order valence-corrected chi connectivity index (χ2v) is 5.76. The summed E-state index contributed by atoms with van der Waals surface area (Å²) in [6.45, 7) is 0. The minimum atomic E-state index is 0.339. The third kappa shape index (κ3) is 1.97. The topological polar surface area (TPSA) is 37.3 Å². The predicted octanol–water partition coefficient (Wildman–Crippen LogP) is 3.40. The van der Waals surface area contributed by atoms with Crippen molar-refractivity contribution in [1.82, 2.24) is 0 Å². The molecule has 0 radical (unpaired) electrons. The monoisotopic (exact) mass is 230 g/mol. The molecular weight excluding hydrogens is 212 g/mol. The van der Waals surface area contributed by atoms with Gasteiger partial charge in [0.25, 0.3) is 0 Å². The molecule has 2 aliphatic carbocycles. The average Bonchev–Trinajstić information content (AvgIpc) is 2.30. The summed E-state index contributed by atoms with van der Waals surface area (Å²) in [5.41, 5.74) is 1.72. The number of aromatic hydroxyl groups is 1. The van der Waals surface area contributed by atoms with Crippen LogP contribution in [-0.4, -0.2) is 10.9 Å². The molecule has 0 amide bonds. The quantitative estimate of drug-likeness (QED) is 0.802. The molecule has 2 saturated carbocycles. The Labute approximate surface area is 102 Å². The molecule has 2 nitrogen and oxygen atoms in total. The van der Waals surface area contributed by atoms with Gasteiger partial charge in [0, 0.05) is 12.8 Å². The fourth-order valence-corrected chi connectivity index (χ4v) is 3.45. The molecule has 1 aromatic carbocycles. The molecule has 0 aliphatic heterocycles. The molecular formula is C15H18O2. The molecule has 1 N–H and O–H groups in total. The lowest BCUT2D eigenvalue weighted by Gasteiger charge is -2.45. The molecule has 17 heavy (non-hydrogen) atoms. The van der Waals surface area contributed by atoms with Gasteiger partial charge >= 0.3 is 0 Å². The van der Waals surface area contributed by atoms with Crippen LogP contribution in [0.2, 0.25) is 0 Å². The van der Waals surface area contributed by atoms with Gasteiger partial charge in [-0.1, -0.05) is 12.1 Å². The van der Waals surface area contributed by atoms with Gasteiger partial charge in [-0.05, 0) is 54.7 Å². The van der Waals surface area contributed by atoms with E-state index in [0.717, 1.165) is 12.8 Å². The maximum atomic E-state index is 11.1. The van der Waals surface area contributed by atoms with E-state index in [0.29, 0.717) is 22.9 Å². The maximum absolute atomic E-state index is 11.1. The Kier molecular flexibility index (Phi) is 2.46. The van der Waals surface area contributed by atoms with Crippen molar-refractivity contribution in [3.63, 3.8) is 0 Å². The van der Waals surface area contributed by atoms with E-state index < -0.39 is 0 Å². The molecule has 3 rings (SSSR count). The Morgan fingerprint density at radius 3 is 2.18 bits per heavy atom. The first-order chi connectivity index (χ1) is 8.17. The summed E-state index contributed by atoms with van der Waals surface area (Å²) in [6, 6.07) is 7.60. The summed E-state index contributed by atoms with van der Waals surface area (Å²) in [7, 11) is 0. The summed E-state index contributed by atoms with van der Waals surface area (Å²) in [6.07, 6.45) is 6.44. The van der Waals surface area contributed by atoms with Crippen LogP contribution < -0.4 is 0 Å². The SMILES string of the molecule is O=C1CC2(CCC(c3ccc(O)cc3)CC2)C1. The van der Waals surface area contributed by atoms with Crippen LogP contribution in [0.1, 0.15) is 50.0 Å². The van der Waals surface area contributed by atoms with Gasteiger partial charge in [0.1, 0.15) is 11.5 Å². The lowest BCUT2D eigenvalue weighted by molar-refractivity contribution is -0.134. The maximum Gasteiger partial charge on any atom is 0.134 e. The lowest BCUT2D eigenvalue weighted by atomic mass is 9.58. The largest absolute Gasteiger partial charge is 0.508 e. The van der Waals surface area contributed by atoms with Crippen molar-refractivity contribution in [1.29, 1.82) is 0 Å². The third-order valence-electron chi connectivity index (χ3n) is 4.56. The van der Waals surface area contributed by atoms with Crippen molar-refractivity contribution >= 4 is 5.78 Å². The standard InChI is InChI=1S/C15H18O2/c16-13-3-1-11(2-4-13)12-5-7-15(8-6-12)9-14(17)10-15/h1-4,12,16H,5-10H2. The molecule has 2 aliphatic rings. The zero-order chi connectivity index (χ0) is 11.9. The number of phenols is 1. The Hall–Kier alpha value is -1.31. The Balaban J connectivity index is 1.65. The van der Waals surface area contributed by atoms with E-state index in [2.05, 4.69) is 0 Å². The van der Waals surface area contributed by atoms with E-state index in [4.69, 9.17) is 0 Å². The van der Waals surface area contributed by atoms with E-state index in [9.17, 15) is 9.90 Å². The van der Waals surface area contributed by atoms with Gasteiger partial charge in [-0.25, -0.2) is 0 Å². The number of rotatable bonds is 1. The smallest absolute Gasteiger partial charge is 0.134 e. The van der Waals surface area contributed by atoms with Crippen molar-refractivity contribution in [2.24, 2.45) is 5.41 Å². The summed E-state index contributed by atoms with van der Waals surface area (Å²) in [5.74, 6) is 1.41. The summed E-state index contributed by atoms with van der Waals surface area (Å²) >= 11 is 0. The highest BCUT2D eigenvalue weighted by molar-refractivity contribution is 5.86. The Morgan fingerprint density at radius 2 is 1.65 bits per heavy atom. The number of phenolic OH excluding ortho intramolecular Hbond substituents is 1. The molecule has 0 atom stereocenters. The average molecular weight is 230 g/mol. The molecule has 2 heteroatoms. The molecule has 1 aromatic rings. The number of carbonyl (C=O) groups is 1. The van der Waals surface area contributed by atoms with Gasteiger partial charge in [0.05, 0.1) is 0 Å². The van der Waals surface area contributed by atoms with Crippen molar-refractivity contribution in [3.05, 3.63) is 29.8 Å². The van der Waals surface area contributed by atoms with Gasteiger partial charge < -0.3 is 5.11 Å². The number of benzene rings is 1. The zero-order valence-electron chi connectivity index (χ0n) is 9.98. The number of hydrogen-bond acceptors (Lipinski definition) is 2. The van der Waals surface area contributed by atoms with Crippen LogP contribution in [0.15, 0.2) is 24.3 Å². The molecule has 0 aromatic heterocycles. The van der Waals surface area contributed by atoms with Crippen molar-refractivity contribution in [2.75, 3.05) is 0 Å². The van der Waals surface area contributed by atoms with Crippen LogP contribution in [0.3, 0.4) is 0 Å².